The fourth-order valence-electron chi connectivity index (χ4n) is 1.93. The van der Waals surface area contributed by atoms with Crippen molar-refractivity contribution in [1.29, 1.82) is 0 Å². The van der Waals surface area contributed by atoms with E-state index in [1.54, 1.807) is 19.0 Å². The van der Waals surface area contributed by atoms with Crippen LogP contribution in [0, 0.1) is 17.6 Å². The Kier molecular flexibility index (Phi) is 4.87. The molecule has 1 heterocycles. The summed E-state index contributed by atoms with van der Waals surface area (Å²) < 4.78 is 27.1. The van der Waals surface area contributed by atoms with E-state index in [-0.39, 0.29) is 17.7 Å². The van der Waals surface area contributed by atoms with Crippen molar-refractivity contribution in [3.63, 3.8) is 0 Å². The SMILES string of the molecule is CNc1nc(N(C)C(C)CC(C)C)c(F)cc1F. The Morgan fingerprint density at radius 3 is 2.39 bits per heavy atom. The molecule has 0 spiro atoms. The lowest BCUT2D eigenvalue weighted by atomic mass is 10.0. The van der Waals surface area contributed by atoms with E-state index in [2.05, 4.69) is 24.1 Å². The van der Waals surface area contributed by atoms with Crippen molar-refractivity contribution >= 4 is 11.6 Å². The second-order valence-corrected chi connectivity index (χ2v) is 4.96. The average molecular weight is 257 g/mol. The maximum atomic E-state index is 13.7. The summed E-state index contributed by atoms with van der Waals surface area (Å²) >= 11 is 0. The zero-order chi connectivity index (χ0) is 13.9. The quantitative estimate of drug-likeness (QED) is 0.877. The highest BCUT2D eigenvalue weighted by molar-refractivity contribution is 5.49. The number of hydrogen-bond donors (Lipinski definition) is 1. The second-order valence-electron chi connectivity index (χ2n) is 4.96. The van der Waals surface area contributed by atoms with Gasteiger partial charge in [-0.1, -0.05) is 13.8 Å². The van der Waals surface area contributed by atoms with E-state index < -0.39 is 11.6 Å². The molecule has 0 amide bonds. The topological polar surface area (TPSA) is 28.2 Å². The largest absolute Gasteiger partial charge is 0.371 e. The van der Waals surface area contributed by atoms with Gasteiger partial charge < -0.3 is 10.2 Å². The van der Waals surface area contributed by atoms with Crippen molar-refractivity contribution in [2.45, 2.75) is 33.2 Å². The van der Waals surface area contributed by atoms with Gasteiger partial charge in [0.25, 0.3) is 0 Å². The van der Waals surface area contributed by atoms with Gasteiger partial charge in [-0.2, -0.15) is 0 Å². The third-order valence-electron chi connectivity index (χ3n) is 2.96. The van der Waals surface area contributed by atoms with E-state index in [1.807, 2.05) is 6.92 Å². The van der Waals surface area contributed by atoms with Crippen LogP contribution in [0.25, 0.3) is 0 Å². The minimum Gasteiger partial charge on any atom is -0.371 e. The van der Waals surface area contributed by atoms with Gasteiger partial charge in [-0.05, 0) is 19.3 Å². The van der Waals surface area contributed by atoms with Crippen molar-refractivity contribution in [2.75, 3.05) is 24.3 Å². The first-order valence-corrected chi connectivity index (χ1v) is 6.13. The Morgan fingerprint density at radius 1 is 1.28 bits per heavy atom. The van der Waals surface area contributed by atoms with Crippen molar-refractivity contribution in [1.82, 2.24) is 4.98 Å². The minimum absolute atomic E-state index is 0.0648. The zero-order valence-electron chi connectivity index (χ0n) is 11.6. The van der Waals surface area contributed by atoms with Gasteiger partial charge in [-0.3, -0.25) is 0 Å². The summed E-state index contributed by atoms with van der Waals surface area (Å²) in [6.45, 7) is 6.22. The Balaban J connectivity index is 3.01. The average Bonchev–Trinajstić information content (AvgIpc) is 2.27. The Morgan fingerprint density at radius 2 is 1.89 bits per heavy atom. The molecule has 0 saturated heterocycles. The highest BCUT2D eigenvalue weighted by atomic mass is 19.1. The van der Waals surface area contributed by atoms with Crippen LogP contribution in [0.2, 0.25) is 0 Å². The second kappa shape index (κ2) is 5.98. The monoisotopic (exact) mass is 257 g/mol. The lowest BCUT2D eigenvalue weighted by molar-refractivity contribution is 0.492. The van der Waals surface area contributed by atoms with Crippen LogP contribution in [-0.4, -0.2) is 25.1 Å². The van der Waals surface area contributed by atoms with E-state index >= 15 is 0 Å². The maximum absolute atomic E-state index is 13.7. The molecule has 102 valence electrons. The van der Waals surface area contributed by atoms with Gasteiger partial charge >= 0.3 is 0 Å². The number of pyridine rings is 1. The number of halogens is 2. The molecule has 0 aliphatic carbocycles. The fourth-order valence-corrected chi connectivity index (χ4v) is 1.93. The van der Waals surface area contributed by atoms with E-state index in [1.165, 1.54) is 0 Å². The third-order valence-corrected chi connectivity index (χ3v) is 2.96. The molecule has 5 heteroatoms. The van der Waals surface area contributed by atoms with Gasteiger partial charge in [0.2, 0.25) is 0 Å². The van der Waals surface area contributed by atoms with E-state index in [0.717, 1.165) is 12.5 Å². The van der Waals surface area contributed by atoms with Crippen LogP contribution >= 0.6 is 0 Å². The van der Waals surface area contributed by atoms with Gasteiger partial charge in [-0.25, -0.2) is 13.8 Å². The van der Waals surface area contributed by atoms with E-state index in [4.69, 9.17) is 0 Å². The fraction of sp³-hybridized carbons (Fsp3) is 0.615. The normalized spacial score (nSPS) is 12.7. The summed E-state index contributed by atoms with van der Waals surface area (Å²) in [4.78, 5) is 5.73. The Hall–Kier alpha value is -1.39. The van der Waals surface area contributed by atoms with Crippen LogP contribution in [0.4, 0.5) is 20.4 Å². The number of hydrogen-bond acceptors (Lipinski definition) is 3. The molecule has 0 aliphatic heterocycles. The van der Waals surface area contributed by atoms with Crippen molar-refractivity contribution < 1.29 is 8.78 Å². The maximum Gasteiger partial charge on any atom is 0.168 e. The third kappa shape index (κ3) is 3.31. The van der Waals surface area contributed by atoms with Crippen LogP contribution in [0.15, 0.2) is 6.07 Å². The lowest BCUT2D eigenvalue weighted by Crippen LogP contribution is -2.31. The smallest absolute Gasteiger partial charge is 0.168 e. The lowest BCUT2D eigenvalue weighted by Gasteiger charge is -2.28. The summed E-state index contributed by atoms with van der Waals surface area (Å²) in [5.74, 6) is -0.563. The number of rotatable bonds is 5. The van der Waals surface area contributed by atoms with Gasteiger partial charge in [-0.15, -0.1) is 0 Å². The molecule has 0 radical (unpaired) electrons. The highest BCUT2D eigenvalue weighted by Gasteiger charge is 2.19. The van der Waals surface area contributed by atoms with Crippen LogP contribution in [-0.2, 0) is 0 Å². The summed E-state index contributed by atoms with van der Waals surface area (Å²) in [5.41, 5.74) is 0. The van der Waals surface area contributed by atoms with Crippen LogP contribution in [0.1, 0.15) is 27.2 Å². The molecular formula is C13H21F2N3. The molecule has 0 aromatic carbocycles. The summed E-state index contributed by atoms with van der Waals surface area (Å²) in [5, 5.41) is 2.62. The first kappa shape index (κ1) is 14.7. The predicted octanol–water partition coefficient (Wildman–Crippen LogP) is 3.27. The standard InChI is InChI=1S/C13H21F2N3/c1-8(2)6-9(3)18(5)13-11(15)7-10(14)12(16-4)17-13/h7-9H,6H2,1-5H3,(H,16,17). The first-order valence-electron chi connectivity index (χ1n) is 6.13. The molecule has 1 rings (SSSR count). The van der Waals surface area contributed by atoms with E-state index in [0.29, 0.717) is 5.92 Å². The van der Waals surface area contributed by atoms with E-state index in [9.17, 15) is 8.78 Å². The number of anilines is 2. The van der Waals surface area contributed by atoms with Crippen LogP contribution in [0.5, 0.6) is 0 Å². The van der Waals surface area contributed by atoms with Gasteiger partial charge in [0.15, 0.2) is 23.3 Å². The van der Waals surface area contributed by atoms with Gasteiger partial charge in [0.1, 0.15) is 0 Å². The predicted molar refractivity (Wildman–Crippen MR) is 71.0 cm³/mol. The van der Waals surface area contributed by atoms with Crippen molar-refractivity contribution in [3.8, 4) is 0 Å². The van der Waals surface area contributed by atoms with Crippen molar-refractivity contribution in [3.05, 3.63) is 17.7 Å². The molecule has 0 aliphatic rings. The molecule has 0 saturated carbocycles. The molecule has 1 aromatic rings. The zero-order valence-corrected chi connectivity index (χ0v) is 11.6. The molecular weight excluding hydrogens is 236 g/mol. The molecule has 1 unspecified atom stereocenters. The molecule has 1 N–H and O–H groups in total. The molecule has 18 heavy (non-hydrogen) atoms. The first-order chi connectivity index (χ1) is 8.36. The van der Waals surface area contributed by atoms with Crippen molar-refractivity contribution in [2.24, 2.45) is 5.92 Å². The number of aromatic nitrogens is 1. The number of nitrogens with zero attached hydrogens (tertiary/aromatic N) is 2. The molecule has 1 aromatic heterocycles. The molecule has 0 fully saturated rings. The van der Waals surface area contributed by atoms with Crippen LogP contribution in [0.3, 0.4) is 0 Å². The number of nitrogens with one attached hydrogen (secondary N) is 1. The van der Waals surface area contributed by atoms with Gasteiger partial charge in [0, 0.05) is 26.2 Å². The Labute approximate surface area is 107 Å². The minimum atomic E-state index is -0.677. The Bertz CT molecular complexity index is 407. The summed E-state index contributed by atoms with van der Waals surface area (Å²) in [6.07, 6.45) is 0.921. The summed E-state index contributed by atoms with van der Waals surface area (Å²) in [6, 6.07) is 1.01. The molecule has 3 nitrogen and oxygen atoms in total. The van der Waals surface area contributed by atoms with Gasteiger partial charge in [0.05, 0.1) is 0 Å². The van der Waals surface area contributed by atoms with Crippen LogP contribution < -0.4 is 10.2 Å². The summed E-state index contributed by atoms with van der Waals surface area (Å²) in [7, 11) is 3.33. The molecule has 1 atom stereocenters. The molecule has 0 bridgehead atoms. The highest BCUT2D eigenvalue weighted by Crippen LogP contribution is 2.24.